The van der Waals surface area contributed by atoms with Gasteiger partial charge in [-0.05, 0) is 53.6 Å². The summed E-state index contributed by atoms with van der Waals surface area (Å²) in [6.07, 6.45) is 5.50. The van der Waals surface area contributed by atoms with Gasteiger partial charge in [0.25, 0.3) is 0 Å². The summed E-state index contributed by atoms with van der Waals surface area (Å²) in [6.45, 7) is 0. The number of fused-ring (bicyclic) bond motifs is 2. The van der Waals surface area contributed by atoms with Crippen molar-refractivity contribution in [3.8, 4) is 0 Å². The second kappa shape index (κ2) is 4.97. The van der Waals surface area contributed by atoms with Gasteiger partial charge in [-0.15, -0.1) is 0 Å². The molecule has 0 aliphatic heterocycles. The van der Waals surface area contributed by atoms with Crippen molar-refractivity contribution in [2.75, 3.05) is 0 Å². The molecule has 2 aromatic carbocycles. The largest absolute Gasteiger partial charge is 0.320 e. The monoisotopic (exact) mass is 274 g/mol. The molecule has 21 heavy (non-hydrogen) atoms. The van der Waals surface area contributed by atoms with Crippen LogP contribution in [-0.2, 0) is 12.8 Å². The second-order valence-electron chi connectivity index (χ2n) is 5.81. The third-order valence-corrected chi connectivity index (χ3v) is 4.47. The highest BCUT2D eigenvalue weighted by molar-refractivity contribution is 5.79. The molecule has 1 heterocycles. The lowest BCUT2D eigenvalue weighted by Crippen LogP contribution is -2.12. The second-order valence-corrected chi connectivity index (χ2v) is 5.81. The lowest BCUT2D eigenvalue weighted by molar-refractivity contribution is 0.868. The van der Waals surface area contributed by atoms with Crippen LogP contribution in [0.15, 0.2) is 54.7 Å². The molecule has 1 aliphatic rings. The van der Waals surface area contributed by atoms with E-state index in [0.29, 0.717) is 0 Å². The SMILES string of the molecule is NC(c1ccc2c(c1)CCC2)c1ccc2cccnc2c1. The van der Waals surface area contributed by atoms with Gasteiger partial charge in [-0.2, -0.15) is 0 Å². The van der Waals surface area contributed by atoms with Gasteiger partial charge in [0.15, 0.2) is 0 Å². The molecule has 0 amide bonds. The van der Waals surface area contributed by atoms with Gasteiger partial charge in [0, 0.05) is 11.6 Å². The molecule has 1 unspecified atom stereocenters. The Morgan fingerprint density at radius 1 is 0.905 bits per heavy atom. The lowest BCUT2D eigenvalue weighted by atomic mass is 9.95. The van der Waals surface area contributed by atoms with Crippen molar-refractivity contribution < 1.29 is 0 Å². The highest BCUT2D eigenvalue weighted by Gasteiger charge is 2.15. The van der Waals surface area contributed by atoms with Crippen LogP contribution in [0.2, 0.25) is 0 Å². The molecule has 0 fully saturated rings. The van der Waals surface area contributed by atoms with E-state index in [1.54, 1.807) is 0 Å². The maximum atomic E-state index is 6.47. The minimum Gasteiger partial charge on any atom is -0.320 e. The van der Waals surface area contributed by atoms with Crippen molar-refractivity contribution in [2.45, 2.75) is 25.3 Å². The van der Waals surface area contributed by atoms with Crippen molar-refractivity contribution in [2.24, 2.45) is 5.73 Å². The number of rotatable bonds is 2. The molecule has 3 aromatic rings. The molecular formula is C19H18N2. The van der Waals surface area contributed by atoms with Crippen molar-refractivity contribution in [1.29, 1.82) is 0 Å². The zero-order valence-corrected chi connectivity index (χ0v) is 11.9. The van der Waals surface area contributed by atoms with Gasteiger partial charge in [0.1, 0.15) is 0 Å². The number of pyridine rings is 1. The van der Waals surface area contributed by atoms with Gasteiger partial charge < -0.3 is 5.73 Å². The number of nitrogens with two attached hydrogens (primary N) is 1. The van der Waals surface area contributed by atoms with Crippen LogP contribution in [0.4, 0.5) is 0 Å². The molecule has 1 aromatic heterocycles. The Morgan fingerprint density at radius 3 is 2.67 bits per heavy atom. The minimum atomic E-state index is -0.0812. The average molecular weight is 274 g/mol. The summed E-state index contributed by atoms with van der Waals surface area (Å²) >= 11 is 0. The fourth-order valence-electron chi connectivity index (χ4n) is 3.25. The van der Waals surface area contributed by atoms with Gasteiger partial charge >= 0.3 is 0 Å². The van der Waals surface area contributed by atoms with E-state index in [9.17, 15) is 0 Å². The van der Waals surface area contributed by atoms with Crippen LogP contribution in [-0.4, -0.2) is 4.98 Å². The predicted molar refractivity (Wildman–Crippen MR) is 86.2 cm³/mol. The van der Waals surface area contributed by atoms with Crippen LogP contribution in [0.3, 0.4) is 0 Å². The molecule has 0 radical (unpaired) electrons. The molecule has 0 saturated heterocycles. The first-order valence-electron chi connectivity index (χ1n) is 7.53. The topological polar surface area (TPSA) is 38.9 Å². The minimum absolute atomic E-state index is 0.0812. The van der Waals surface area contributed by atoms with Crippen molar-refractivity contribution in [1.82, 2.24) is 4.98 Å². The molecule has 0 saturated carbocycles. The first kappa shape index (κ1) is 12.5. The Labute approximate surface area is 124 Å². The number of aryl methyl sites for hydroxylation is 2. The smallest absolute Gasteiger partial charge is 0.0705 e. The van der Waals surface area contributed by atoms with Crippen molar-refractivity contribution in [3.05, 3.63) is 77.0 Å². The molecule has 4 rings (SSSR count). The van der Waals surface area contributed by atoms with E-state index < -0.39 is 0 Å². The average Bonchev–Trinajstić information content (AvgIpc) is 3.01. The highest BCUT2D eigenvalue weighted by atomic mass is 14.7. The van der Waals surface area contributed by atoms with E-state index in [0.717, 1.165) is 16.5 Å². The van der Waals surface area contributed by atoms with E-state index in [4.69, 9.17) is 5.73 Å². The predicted octanol–water partition coefficient (Wildman–Crippen LogP) is 3.77. The molecule has 1 atom stereocenters. The van der Waals surface area contributed by atoms with Crippen molar-refractivity contribution >= 4 is 10.9 Å². The van der Waals surface area contributed by atoms with Gasteiger partial charge in [-0.25, -0.2) is 0 Å². The first-order chi connectivity index (χ1) is 10.3. The van der Waals surface area contributed by atoms with Gasteiger partial charge in [-0.1, -0.05) is 36.4 Å². The molecule has 0 spiro atoms. The van der Waals surface area contributed by atoms with Crippen LogP contribution in [0.25, 0.3) is 10.9 Å². The Morgan fingerprint density at radius 2 is 1.71 bits per heavy atom. The molecule has 2 N–H and O–H groups in total. The molecule has 1 aliphatic carbocycles. The highest BCUT2D eigenvalue weighted by Crippen LogP contribution is 2.28. The summed E-state index contributed by atoms with van der Waals surface area (Å²) < 4.78 is 0. The Bertz CT molecular complexity index is 808. The summed E-state index contributed by atoms with van der Waals surface area (Å²) in [5.41, 5.74) is 12.8. The van der Waals surface area contributed by atoms with Crippen LogP contribution in [0.5, 0.6) is 0 Å². The van der Waals surface area contributed by atoms with Crippen LogP contribution in [0.1, 0.15) is 34.7 Å². The van der Waals surface area contributed by atoms with E-state index in [-0.39, 0.29) is 6.04 Å². The van der Waals surface area contributed by atoms with Crippen molar-refractivity contribution in [3.63, 3.8) is 0 Å². The first-order valence-corrected chi connectivity index (χ1v) is 7.53. The van der Waals surface area contributed by atoms with E-state index >= 15 is 0 Å². The normalized spacial score (nSPS) is 15.1. The Kier molecular flexibility index (Phi) is 2.97. The summed E-state index contributed by atoms with van der Waals surface area (Å²) in [5, 5.41) is 1.16. The van der Waals surface area contributed by atoms with E-state index in [1.807, 2.05) is 12.3 Å². The van der Waals surface area contributed by atoms with E-state index in [1.165, 1.54) is 36.0 Å². The number of nitrogens with zero attached hydrogens (tertiary/aromatic N) is 1. The van der Waals surface area contributed by atoms with Crippen LogP contribution >= 0.6 is 0 Å². The Hall–Kier alpha value is -2.19. The summed E-state index contributed by atoms with van der Waals surface area (Å²) in [4.78, 5) is 4.42. The maximum absolute atomic E-state index is 6.47. The lowest BCUT2D eigenvalue weighted by Gasteiger charge is -2.14. The van der Waals surface area contributed by atoms with E-state index in [2.05, 4.69) is 47.4 Å². The number of hydrogen-bond donors (Lipinski definition) is 1. The number of hydrogen-bond acceptors (Lipinski definition) is 2. The molecular weight excluding hydrogens is 256 g/mol. The molecule has 104 valence electrons. The van der Waals surface area contributed by atoms with Gasteiger partial charge in [-0.3, -0.25) is 4.98 Å². The number of aromatic nitrogens is 1. The van der Waals surface area contributed by atoms with Crippen LogP contribution in [0, 0.1) is 0 Å². The van der Waals surface area contributed by atoms with Gasteiger partial charge in [0.05, 0.1) is 11.6 Å². The summed E-state index contributed by atoms with van der Waals surface area (Å²) in [5.74, 6) is 0. The maximum Gasteiger partial charge on any atom is 0.0705 e. The Balaban J connectivity index is 1.73. The molecule has 2 nitrogen and oxygen atoms in total. The van der Waals surface area contributed by atoms with Crippen LogP contribution < -0.4 is 5.73 Å². The third-order valence-electron chi connectivity index (χ3n) is 4.47. The molecule has 2 heteroatoms. The molecule has 0 bridgehead atoms. The van der Waals surface area contributed by atoms with Gasteiger partial charge in [0.2, 0.25) is 0 Å². The third kappa shape index (κ3) is 2.22. The summed E-state index contributed by atoms with van der Waals surface area (Å²) in [6, 6.07) is 17.0. The summed E-state index contributed by atoms with van der Waals surface area (Å²) in [7, 11) is 0. The quantitative estimate of drug-likeness (QED) is 0.772. The fraction of sp³-hybridized carbons (Fsp3) is 0.211. The zero-order valence-electron chi connectivity index (χ0n) is 11.9. The zero-order chi connectivity index (χ0) is 14.2. The standard InChI is InChI=1S/C19H18N2/c20-19(16-8-6-13-3-1-4-15(13)11-16)17-9-7-14-5-2-10-21-18(14)12-17/h2,5-12,19H,1,3-4,20H2. The number of benzene rings is 2. The fourth-order valence-corrected chi connectivity index (χ4v) is 3.25.